The van der Waals surface area contributed by atoms with E-state index in [4.69, 9.17) is 16.3 Å². The van der Waals surface area contributed by atoms with Gasteiger partial charge in [-0.1, -0.05) is 0 Å². The second kappa shape index (κ2) is 8.00. The van der Waals surface area contributed by atoms with Crippen LogP contribution in [-0.4, -0.2) is 43.5 Å². The van der Waals surface area contributed by atoms with Crippen LogP contribution in [0.2, 0.25) is 0 Å². The number of nitrogens with zero attached hydrogens (tertiary/aromatic N) is 1. The molecule has 118 valence electrons. The molecule has 0 heterocycles. The fourth-order valence-electron chi connectivity index (χ4n) is 1.65. The summed E-state index contributed by atoms with van der Waals surface area (Å²) in [6.45, 7) is 0.760. The monoisotopic (exact) mass is 387 g/mol. The molecule has 0 aliphatic carbocycles. The first-order valence-electron chi connectivity index (χ1n) is 6.02. The lowest BCUT2D eigenvalue weighted by Gasteiger charge is -2.22. The molecule has 1 amide bonds. The van der Waals surface area contributed by atoms with E-state index in [-0.39, 0.29) is 31.1 Å². The van der Waals surface area contributed by atoms with Crippen LogP contribution in [0.15, 0.2) is 22.7 Å². The van der Waals surface area contributed by atoms with Gasteiger partial charge in [-0.2, -0.15) is 13.2 Å². The smallest absolute Gasteiger partial charge is 0.383 e. The van der Waals surface area contributed by atoms with Gasteiger partial charge in [0.15, 0.2) is 0 Å². The lowest BCUT2D eigenvalue weighted by Crippen LogP contribution is -2.35. The van der Waals surface area contributed by atoms with Crippen LogP contribution in [0.3, 0.4) is 0 Å². The van der Waals surface area contributed by atoms with Crippen LogP contribution in [0.4, 0.5) is 13.2 Å². The first-order valence-corrected chi connectivity index (χ1v) is 7.35. The van der Waals surface area contributed by atoms with Gasteiger partial charge in [0.1, 0.15) is 0 Å². The zero-order valence-electron chi connectivity index (χ0n) is 11.2. The fraction of sp³-hybridized carbons (Fsp3) is 0.462. The van der Waals surface area contributed by atoms with Gasteiger partial charge in [0.2, 0.25) is 0 Å². The van der Waals surface area contributed by atoms with Crippen LogP contribution < -0.4 is 0 Å². The molecular weight excluding hydrogens is 374 g/mol. The molecule has 0 saturated carbocycles. The van der Waals surface area contributed by atoms with Crippen LogP contribution in [0, 0.1) is 0 Å². The normalized spacial score (nSPS) is 11.5. The lowest BCUT2D eigenvalue weighted by atomic mass is 10.1. The molecule has 0 fully saturated rings. The highest BCUT2D eigenvalue weighted by Gasteiger charge is 2.32. The maximum atomic E-state index is 12.7. The van der Waals surface area contributed by atoms with Crippen LogP contribution in [0.1, 0.15) is 15.9 Å². The van der Waals surface area contributed by atoms with Crippen molar-refractivity contribution in [3.05, 3.63) is 33.8 Å². The Bertz CT molecular complexity index is 497. The SMILES string of the molecule is COCCN(CCCl)C(=O)c1cc(C(F)(F)F)ccc1Br. The van der Waals surface area contributed by atoms with Crippen LogP contribution >= 0.6 is 27.5 Å². The molecule has 21 heavy (non-hydrogen) atoms. The van der Waals surface area contributed by atoms with Crippen molar-refractivity contribution in [1.82, 2.24) is 4.90 Å². The molecule has 0 N–H and O–H groups in total. The second-order valence-corrected chi connectivity index (χ2v) is 5.40. The zero-order valence-corrected chi connectivity index (χ0v) is 13.6. The zero-order chi connectivity index (χ0) is 16.0. The number of methoxy groups -OCH3 is 1. The first-order chi connectivity index (χ1) is 9.81. The number of alkyl halides is 4. The summed E-state index contributed by atoms with van der Waals surface area (Å²) in [7, 11) is 1.48. The Morgan fingerprint density at radius 1 is 1.38 bits per heavy atom. The lowest BCUT2D eigenvalue weighted by molar-refractivity contribution is -0.137. The minimum atomic E-state index is -4.50. The summed E-state index contributed by atoms with van der Waals surface area (Å²) in [6.07, 6.45) is -4.50. The Labute approximate surface area is 134 Å². The number of carbonyl (C=O) groups excluding carboxylic acids is 1. The average molecular weight is 389 g/mol. The predicted octanol–water partition coefficient (Wildman–Crippen LogP) is 3.80. The van der Waals surface area contributed by atoms with Crippen LogP contribution in [-0.2, 0) is 10.9 Å². The molecule has 0 atom stereocenters. The summed E-state index contributed by atoms with van der Waals surface area (Å²) < 4.78 is 43.4. The molecule has 1 aromatic rings. The van der Waals surface area contributed by atoms with E-state index in [1.165, 1.54) is 18.1 Å². The second-order valence-electron chi connectivity index (χ2n) is 4.17. The molecule has 3 nitrogen and oxygen atoms in total. The number of ether oxygens (including phenoxy) is 1. The van der Waals surface area contributed by atoms with E-state index in [0.29, 0.717) is 4.47 Å². The van der Waals surface area contributed by atoms with Gasteiger partial charge in [-0.15, -0.1) is 11.6 Å². The minimum Gasteiger partial charge on any atom is -0.383 e. The molecule has 0 bridgehead atoms. The van der Waals surface area contributed by atoms with E-state index >= 15 is 0 Å². The molecule has 8 heteroatoms. The topological polar surface area (TPSA) is 29.5 Å². The summed E-state index contributed by atoms with van der Waals surface area (Å²) in [5, 5.41) is 0. The van der Waals surface area contributed by atoms with E-state index in [1.54, 1.807) is 0 Å². The maximum Gasteiger partial charge on any atom is 0.416 e. The first kappa shape index (κ1) is 18.3. The highest BCUT2D eigenvalue weighted by Crippen LogP contribution is 2.32. The Balaban J connectivity index is 3.08. The van der Waals surface area contributed by atoms with Gasteiger partial charge in [-0.3, -0.25) is 4.79 Å². The van der Waals surface area contributed by atoms with E-state index in [9.17, 15) is 18.0 Å². The van der Waals surface area contributed by atoms with E-state index in [1.807, 2.05) is 0 Å². The van der Waals surface area contributed by atoms with Gasteiger partial charge in [0.25, 0.3) is 5.91 Å². The minimum absolute atomic E-state index is 0.0500. The Morgan fingerprint density at radius 2 is 2.05 bits per heavy atom. The fourth-order valence-corrected chi connectivity index (χ4v) is 2.27. The maximum absolute atomic E-state index is 12.7. The highest BCUT2D eigenvalue weighted by molar-refractivity contribution is 9.10. The molecule has 0 saturated heterocycles. The molecule has 0 aromatic heterocycles. The molecule has 0 aliphatic rings. The molecule has 0 spiro atoms. The number of benzene rings is 1. The van der Waals surface area contributed by atoms with Gasteiger partial charge in [0.05, 0.1) is 17.7 Å². The van der Waals surface area contributed by atoms with Crippen molar-refractivity contribution in [2.75, 3.05) is 32.7 Å². The van der Waals surface area contributed by atoms with Crippen molar-refractivity contribution < 1.29 is 22.7 Å². The van der Waals surface area contributed by atoms with E-state index in [2.05, 4.69) is 15.9 Å². The molecule has 0 radical (unpaired) electrons. The van der Waals surface area contributed by atoms with Crippen molar-refractivity contribution in [3.8, 4) is 0 Å². The van der Waals surface area contributed by atoms with E-state index < -0.39 is 17.6 Å². The third-order valence-electron chi connectivity index (χ3n) is 2.73. The van der Waals surface area contributed by atoms with Gasteiger partial charge in [-0.05, 0) is 34.1 Å². The molecule has 1 aromatic carbocycles. The molecule has 0 unspecified atom stereocenters. The third-order valence-corrected chi connectivity index (χ3v) is 3.59. The van der Waals surface area contributed by atoms with Gasteiger partial charge >= 0.3 is 6.18 Å². The van der Waals surface area contributed by atoms with Crippen molar-refractivity contribution in [2.45, 2.75) is 6.18 Å². The largest absolute Gasteiger partial charge is 0.416 e. The van der Waals surface area contributed by atoms with Gasteiger partial charge in [-0.25, -0.2) is 0 Å². The quantitative estimate of drug-likeness (QED) is 0.694. The summed E-state index contributed by atoms with van der Waals surface area (Å²) >= 11 is 8.73. The number of hydrogen-bond acceptors (Lipinski definition) is 2. The Hall–Kier alpha value is -0.790. The summed E-state index contributed by atoms with van der Waals surface area (Å²) in [4.78, 5) is 13.7. The third kappa shape index (κ3) is 5.16. The molecule has 1 rings (SSSR count). The van der Waals surface area contributed by atoms with Crippen LogP contribution in [0.25, 0.3) is 0 Å². The van der Waals surface area contributed by atoms with Crippen molar-refractivity contribution in [3.63, 3.8) is 0 Å². The van der Waals surface area contributed by atoms with Gasteiger partial charge in [0, 0.05) is 30.6 Å². The Kier molecular flexibility index (Phi) is 6.96. The van der Waals surface area contributed by atoms with E-state index in [0.717, 1.165) is 12.1 Å². The predicted molar refractivity (Wildman–Crippen MR) is 77.6 cm³/mol. The number of hydrogen-bond donors (Lipinski definition) is 0. The highest BCUT2D eigenvalue weighted by atomic mass is 79.9. The van der Waals surface area contributed by atoms with Crippen molar-refractivity contribution in [1.29, 1.82) is 0 Å². The number of halogens is 5. The molecule has 0 aliphatic heterocycles. The summed E-state index contributed by atoms with van der Waals surface area (Å²) in [6, 6.07) is 2.97. The van der Waals surface area contributed by atoms with Crippen molar-refractivity contribution in [2.24, 2.45) is 0 Å². The van der Waals surface area contributed by atoms with Crippen molar-refractivity contribution >= 4 is 33.4 Å². The number of carbonyl (C=O) groups is 1. The number of amides is 1. The standard InChI is InChI=1S/C13H14BrClF3NO2/c1-21-7-6-19(5-4-15)12(20)10-8-9(13(16,17)18)2-3-11(10)14/h2-3,8H,4-7H2,1H3. The number of rotatable bonds is 6. The van der Waals surface area contributed by atoms with Gasteiger partial charge < -0.3 is 9.64 Å². The average Bonchev–Trinajstić information content (AvgIpc) is 2.42. The molecular formula is C13H14BrClF3NO2. The summed E-state index contributed by atoms with van der Waals surface area (Å²) in [5.74, 6) is -0.336. The Morgan fingerprint density at radius 3 is 2.57 bits per heavy atom. The van der Waals surface area contributed by atoms with Crippen LogP contribution in [0.5, 0.6) is 0 Å². The summed E-state index contributed by atoms with van der Waals surface area (Å²) in [5.41, 5.74) is -0.919.